The Labute approximate surface area is 293 Å². The molecule has 6 rings (SSSR count). The van der Waals surface area contributed by atoms with Gasteiger partial charge in [0.25, 0.3) is 5.91 Å². The number of methoxy groups -OCH3 is 3. The molecule has 1 unspecified atom stereocenters. The number of anilines is 1. The maximum atomic E-state index is 13.8. The van der Waals surface area contributed by atoms with Crippen LogP contribution >= 0.6 is 0 Å². The quantitative estimate of drug-likeness (QED) is 0.418. The minimum Gasteiger partial charge on any atom is -0.493 e. The van der Waals surface area contributed by atoms with Crippen LogP contribution in [-0.2, 0) is 27.8 Å². The molecule has 3 aliphatic heterocycles. The summed E-state index contributed by atoms with van der Waals surface area (Å²) < 4.78 is 50.7. The smallest absolute Gasteiger partial charge is 0.254 e. The number of nitrogens with one attached hydrogen (secondary N) is 1. The second-order valence-corrected chi connectivity index (χ2v) is 15.2. The van der Waals surface area contributed by atoms with Gasteiger partial charge in [-0.15, -0.1) is 0 Å². The molecule has 1 N–H and O–H groups in total. The van der Waals surface area contributed by atoms with Crippen molar-refractivity contribution in [1.82, 2.24) is 19.5 Å². The van der Waals surface area contributed by atoms with Gasteiger partial charge in [-0.05, 0) is 74.3 Å². The SMILES string of the molecule is COc1cc2nc3c(cc2c(OC)c1OC)CN(S(C)(=O)=O)CCCCN(C(=O)c1ccc2c(c1)CCCO2)CC(=O)NCC1CCCN3C1. The first-order chi connectivity index (χ1) is 24.1. The molecule has 1 atom stereocenters. The van der Waals surface area contributed by atoms with Gasteiger partial charge in [-0.2, -0.15) is 4.31 Å². The summed E-state index contributed by atoms with van der Waals surface area (Å²) in [5, 5.41) is 3.77. The third kappa shape index (κ3) is 7.70. The van der Waals surface area contributed by atoms with Crippen LogP contribution in [0.25, 0.3) is 10.9 Å². The number of pyridine rings is 1. The fourth-order valence-electron chi connectivity index (χ4n) is 7.20. The number of sulfonamides is 1. The first kappa shape index (κ1) is 35.5. The number of fused-ring (bicyclic) bond motifs is 6. The predicted molar refractivity (Wildman–Crippen MR) is 190 cm³/mol. The normalized spacial score (nSPS) is 19.5. The maximum absolute atomic E-state index is 13.8. The number of hydrogen-bond acceptors (Lipinski definition) is 10. The molecular weight excluding hydrogens is 662 g/mol. The molecule has 0 aliphatic carbocycles. The van der Waals surface area contributed by atoms with E-state index < -0.39 is 10.0 Å². The van der Waals surface area contributed by atoms with Gasteiger partial charge < -0.3 is 34.1 Å². The Morgan fingerprint density at radius 2 is 1.74 bits per heavy atom. The van der Waals surface area contributed by atoms with Crippen molar-refractivity contribution in [3.8, 4) is 23.0 Å². The highest BCUT2D eigenvalue weighted by atomic mass is 32.2. The first-order valence-electron chi connectivity index (χ1n) is 17.2. The molecule has 1 saturated heterocycles. The number of carbonyl (C=O) groups is 2. The molecule has 50 heavy (non-hydrogen) atoms. The highest BCUT2D eigenvalue weighted by Crippen LogP contribution is 2.44. The van der Waals surface area contributed by atoms with Crippen LogP contribution in [0.2, 0.25) is 0 Å². The van der Waals surface area contributed by atoms with Crippen LogP contribution in [0.3, 0.4) is 0 Å². The second-order valence-electron chi connectivity index (χ2n) is 13.2. The molecule has 4 heterocycles. The van der Waals surface area contributed by atoms with Crippen molar-refractivity contribution in [2.24, 2.45) is 5.92 Å². The zero-order valence-electron chi connectivity index (χ0n) is 29.3. The zero-order valence-corrected chi connectivity index (χ0v) is 30.1. The third-order valence-corrected chi connectivity index (χ3v) is 11.0. The van der Waals surface area contributed by atoms with Crippen LogP contribution in [0.1, 0.15) is 53.6 Å². The molecule has 0 radical (unpaired) electrons. The van der Waals surface area contributed by atoms with Gasteiger partial charge in [0.1, 0.15) is 11.6 Å². The van der Waals surface area contributed by atoms with Crippen molar-refractivity contribution < 1.29 is 37.0 Å². The Kier molecular flexibility index (Phi) is 10.9. The lowest BCUT2D eigenvalue weighted by Gasteiger charge is -2.36. The van der Waals surface area contributed by atoms with Crippen molar-refractivity contribution in [3.05, 3.63) is 47.0 Å². The van der Waals surface area contributed by atoms with E-state index in [9.17, 15) is 18.0 Å². The highest BCUT2D eigenvalue weighted by molar-refractivity contribution is 7.88. The summed E-state index contributed by atoms with van der Waals surface area (Å²) in [5.74, 6) is 2.51. The number of hydrogen-bond donors (Lipinski definition) is 1. The van der Waals surface area contributed by atoms with E-state index in [2.05, 4.69) is 10.2 Å². The minimum absolute atomic E-state index is 0.0812. The van der Waals surface area contributed by atoms with Crippen LogP contribution in [0.5, 0.6) is 23.0 Å². The monoisotopic (exact) mass is 709 g/mol. The Morgan fingerprint density at radius 1 is 0.940 bits per heavy atom. The van der Waals surface area contributed by atoms with Crippen molar-refractivity contribution in [2.45, 2.75) is 45.1 Å². The minimum atomic E-state index is -3.64. The molecule has 0 saturated carbocycles. The Bertz CT molecular complexity index is 1850. The van der Waals surface area contributed by atoms with Gasteiger partial charge in [-0.25, -0.2) is 13.4 Å². The van der Waals surface area contributed by atoms with Crippen LogP contribution in [0.15, 0.2) is 30.3 Å². The lowest BCUT2D eigenvalue weighted by atomic mass is 9.97. The van der Waals surface area contributed by atoms with Gasteiger partial charge in [0.05, 0.1) is 46.3 Å². The molecular formula is C36H47N5O8S. The number of piperidine rings is 1. The molecule has 2 bridgehead atoms. The number of benzene rings is 2. The maximum Gasteiger partial charge on any atom is 0.254 e. The fourth-order valence-corrected chi connectivity index (χ4v) is 8.03. The Hall–Kier alpha value is -4.30. The number of amides is 2. The second kappa shape index (κ2) is 15.3. The molecule has 3 aliphatic rings. The Morgan fingerprint density at radius 3 is 2.50 bits per heavy atom. The molecule has 270 valence electrons. The van der Waals surface area contributed by atoms with Gasteiger partial charge in [0.2, 0.25) is 21.7 Å². The largest absolute Gasteiger partial charge is 0.493 e. The van der Waals surface area contributed by atoms with E-state index in [0.717, 1.165) is 49.1 Å². The summed E-state index contributed by atoms with van der Waals surface area (Å²) in [6, 6.07) is 9.19. The number of rotatable bonds is 5. The molecule has 3 aromatic rings. The molecule has 2 amide bonds. The van der Waals surface area contributed by atoms with Crippen molar-refractivity contribution >= 4 is 38.6 Å². The van der Waals surface area contributed by atoms with E-state index in [-0.39, 0.29) is 37.4 Å². The summed E-state index contributed by atoms with van der Waals surface area (Å²) in [6.45, 7) is 3.01. The number of ether oxygens (including phenoxy) is 4. The van der Waals surface area contributed by atoms with E-state index in [0.29, 0.717) is 78.6 Å². The number of aromatic nitrogens is 1. The summed E-state index contributed by atoms with van der Waals surface area (Å²) in [4.78, 5) is 36.0. The highest BCUT2D eigenvalue weighted by Gasteiger charge is 2.29. The van der Waals surface area contributed by atoms with Gasteiger partial charge in [0, 0.05) is 61.8 Å². The van der Waals surface area contributed by atoms with Gasteiger partial charge >= 0.3 is 0 Å². The van der Waals surface area contributed by atoms with E-state index in [4.69, 9.17) is 23.9 Å². The molecule has 1 aromatic heterocycles. The topological polar surface area (TPSA) is 140 Å². The molecule has 0 spiro atoms. The molecule has 14 heteroatoms. The van der Waals surface area contributed by atoms with E-state index in [1.807, 2.05) is 18.2 Å². The number of nitrogens with zero attached hydrogens (tertiary/aromatic N) is 4. The van der Waals surface area contributed by atoms with Crippen molar-refractivity contribution in [1.29, 1.82) is 0 Å². The van der Waals surface area contributed by atoms with Gasteiger partial charge in [0.15, 0.2) is 11.5 Å². The molecule has 2 aromatic carbocycles. The van der Waals surface area contributed by atoms with E-state index >= 15 is 0 Å². The average Bonchev–Trinajstić information content (AvgIpc) is 3.12. The van der Waals surface area contributed by atoms with Crippen LogP contribution in [0.4, 0.5) is 5.82 Å². The van der Waals surface area contributed by atoms with E-state index in [1.54, 1.807) is 38.4 Å². The van der Waals surface area contributed by atoms with Gasteiger partial charge in [-0.1, -0.05) is 0 Å². The number of aryl methyl sites for hydroxylation is 1. The van der Waals surface area contributed by atoms with Crippen LogP contribution < -0.4 is 29.2 Å². The average molecular weight is 710 g/mol. The van der Waals surface area contributed by atoms with Crippen molar-refractivity contribution in [2.75, 3.05) is 78.4 Å². The summed E-state index contributed by atoms with van der Waals surface area (Å²) in [7, 11) is 1.01. The van der Waals surface area contributed by atoms with Gasteiger partial charge in [-0.3, -0.25) is 9.59 Å². The van der Waals surface area contributed by atoms with Crippen molar-refractivity contribution in [3.63, 3.8) is 0 Å². The van der Waals surface area contributed by atoms with Crippen LogP contribution in [0, 0.1) is 5.92 Å². The van der Waals surface area contributed by atoms with E-state index in [1.165, 1.54) is 10.6 Å². The third-order valence-electron chi connectivity index (χ3n) is 9.76. The summed E-state index contributed by atoms with van der Waals surface area (Å²) >= 11 is 0. The summed E-state index contributed by atoms with van der Waals surface area (Å²) in [6.07, 6.45) is 5.70. The molecule has 1 fully saturated rings. The lowest BCUT2D eigenvalue weighted by Crippen LogP contribution is -2.45. The number of carbonyl (C=O) groups excluding carboxylic acids is 2. The van der Waals surface area contributed by atoms with Crippen LogP contribution in [-0.4, -0.2) is 108 Å². The fraction of sp³-hybridized carbons (Fsp3) is 0.528. The zero-order chi connectivity index (χ0) is 35.4. The standard InChI is InChI=1S/C36H47N5O8S/c1-46-31-19-29-28(33(47-2)34(31)48-3)18-27-22-41(50(4,44)45)15-6-5-13-40(36(43)26-11-12-30-25(17-26)10-8-16-49-30)23-32(42)37-20-24-9-7-14-39(21-24)35(27)38-29/h11-12,17-19,24H,5-10,13-16,20-23H2,1-4H3,(H,37,42). The summed E-state index contributed by atoms with van der Waals surface area (Å²) in [5.41, 5.74) is 2.87. The molecule has 13 nitrogen and oxygen atoms in total. The first-order valence-corrected chi connectivity index (χ1v) is 19.1. The Balaban J connectivity index is 1.34. The lowest BCUT2D eigenvalue weighted by molar-refractivity contribution is -0.122. The predicted octanol–water partition coefficient (Wildman–Crippen LogP) is 3.62.